The molecule has 0 spiro atoms. The molecule has 0 fully saturated rings. The van der Waals surface area contributed by atoms with Crippen molar-refractivity contribution in [2.45, 2.75) is 26.6 Å². The Morgan fingerprint density at radius 2 is 2.05 bits per heavy atom. The predicted octanol–water partition coefficient (Wildman–Crippen LogP) is 1.48. The van der Waals surface area contributed by atoms with Gasteiger partial charge in [-0.2, -0.15) is 0 Å². The van der Waals surface area contributed by atoms with Crippen molar-refractivity contribution >= 4 is 11.9 Å². The summed E-state index contributed by atoms with van der Waals surface area (Å²) in [4.78, 5) is 26.8. The number of amides is 1. The van der Waals surface area contributed by atoms with Crippen molar-refractivity contribution in [3.05, 3.63) is 48.4 Å². The van der Waals surface area contributed by atoms with E-state index >= 15 is 0 Å². The smallest absolute Gasteiger partial charge is 0.309 e. The van der Waals surface area contributed by atoms with Crippen LogP contribution in [0.3, 0.4) is 0 Å². The van der Waals surface area contributed by atoms with E-state index in [1.54, 1.807) is 6.92 Å². The second kappa shape index (κ2) is 7.37. The van der Waals surface area contributed by atoms with Gasteiger partial charge in [-0.15, -0.1) is 0 Å². The van der Waals surface area contributed by atoms with Gasteiger partial charge in [0.1, 0.15) is 12.4 Å². The van der Waals surface area contributed by atoms with Crippen molar-refractivity contribution in [2.24, 2.45) is 0 Å². The minimum Gasteiger partial charge on any atom is -0.406 e. The van der Waals surface area contributed by atoms with Gasteiger partial charge in [0, 0.05) is 6.92 Å². The molecule has 1 unspecified atom stereocenters. The van der Waals surface area contributed by atoms with Crippen LogP contribution in [0.4, 0.5) is 0 Å². The zero-order valence-corrected chi connectivity index (χ0v) is 12.4. The summed E-state index contributed by atoms with van der Waals surface area (Å²) in [5, 5.41) is 0. The number of ether oxygens (including phenoxy) is 2. The second-order valence-corrected chi connectivity index (χ2v) is 4.61. The molecule has 7 nitrogen and oxygen atoms in total. The van der Waals surface area contributed by atoms with Gasteiger partial charge in [0.25, 0.3) is 5.91 Å². The summed E-state index contributed by atoms with van der Waals surface area (Å²) >= 11 is 0. The van der Waals surface area contributed by atoms with Crippen LogP contribution in [0, 0.1) is 0 Å². The van der Waals surface area contributed by atoms with Crippen LogP contribution in [0.1, 0.15) is 19.4 Å². The summed E-state index contributed by atoms with van der Waals surface area (Å²) in [5.74, 6) is -0.734. The lowest BCUT2D eigenvalue weighted by Crippen LogP contribution is -2.33. The van der Waals surface area contributed by atoms with Crippen LogP contribution < -0.4 is 10.2 Å². The lowest BCUT2D eigenvalue weighted by atomic mass is 10.2. The summed E-state index contributed by atoms with van der Waals surface area (Å²) in [6, 6.07) is 9.55. The molecule has 1 atom stereocenters. The van der Waals surface area contributed by atoms with Crippen molar-refractivity contribution < 1.29 is 19.1 Å². The van der Waals surface area contributed by atoms with Crippen molar-refractivity contribution in [1.82, 2.24) is 9.66 Å². The molecule has 1 aromatic carbocycles. The largest absolute Gasteiger partial charge is 0.406 e. The van der Waals surface area contributed by atoms with Gasteiger partial charge < -0.3 is 9.47 Å². The van der Waals surface area contributed by atoms with Gasteiger partial charge in [0.15, 0.2) is 0 Å². The van der Waals surface area contributed by atoms with Crippen molar-refractivity contribution in [3.8, 4) is 5.88 Å². The third-order valence-corrected chi connectivity index (χ3v) is 2.80. The molecule has 7 heteroatoms. The van der Waals surface area contributed by atoms with Crippen molar-refractivity contribution in [3.63, 3.8) is 0 Å². The van der Waals surface area contributed by atoms with Gasteiger partial charge in [-0.05, 0) is 12.5 Å². The summed E-state index contributed by atoms with van der Waals surface area (Å²) in [6.07, 6.45) is 1.99. The lowest BCUT2D eigenvalue weighted by molar-refractivity contribution is -0.133. The Hall–Kier alpha value is -2.67. The molecule has 0 saturated heterocycles. The van der Waals surface area contributed by atoms with Gasteiger partial charge in [0.2, 0.25) is 5.88 Å². The van der Waals surface area contributed by atoms with Crippen LogP contribution >= 0.6 is 0 Å². The van der Waals surface area contributed by atoms with E-state index in [0.29, 0.717) is 6.61 Å². The number of carbonyl (C=O) groups excluding carboxylic acids is 2. The first-order chi connectivity index (χ1) is 10.6. The normalized spacial score (nSPS) is 11.7. The Kier molecular flexibility index (Phi) is 5.26. The number of nitrogens with zero attached hydrogens (tertiary/aromatic N) is 2. The Labute approximate surface area is 127 Å². The van der Waals surface area contributed by atoms with E-state index < -0.39 is 12.1 Å². The van der Waals surface area contributed by atoms with Gasteiger partial charge in [-0.3, -0.25) is 15.0 Å². The van der Waals surface area contributed by atoms with E-state index in [2.05, 4.69) is 10.4 Å². The molecule has 1 N–H and O–H groups in total. The third kappa shape index (κ3) is 4.42. The third-order valence-electron chi connectivity index (χ3n) is 2.80. The highest BCUT2D eigenvalue weighted by Crippen LogP contribution is 2.09. The maximum atomic E-state index is 12.0. The fraction of sp³-hybridized carbons (Fsp3) is 0.267. The van der Waals surface area contributed by atoms with Gasteiger partial charge in [-0.1, -0.05) is 30.3 Å². The van der Waals surface area contributed by atoms with Crippen LogP contribution in [0.25, 0.3) is 0 Å². The fourth-order valence-electron chi connectivity index (χ4n) is 1.67. The highest BCUT2D eigenvalue weighted by Gasteiger charge is 2.16. The number of benzene rings is 1. The maximum absolute atomic E-state index is 12.0. The zero-order chi connectivity index (χ0) is 15.9. The van der Waals surface area contributed by atoms with Crippen LogP contribution in [0.2, 0.25) is 0 Å². The standard InChI is InChI=1S/C15H17N3O4/c1-11(21-9-13-6-4-3-5-7-13)15(20)17-18-10-16-8-14(18)22-12(2)19/h3-8,10-11H,9H2,1-2H3,(H,17,20). The average molecular weight is 303 g/mol. The van der Waals surface area contributed by atoms with Gasteiger partial charge >= 0.3 is 5.97 Å². The van der Waals surface area contributed by atoms with Crippen molar-refractivity contribution in [2.75, 3.05) is 5.43 Å². The zero-order valence-electron chi connectivity index (χ0n) is 12.4. The number of nitrogens with one attached hydrogen (secondary N) is 1. The minimum absolute atomic E-state index is 0.135. The van der Waals surface area contributed by atoms with E-state index in [1.165, 1.54) is 24.1 Å². The van der Waals surface area contributed by atoms with E-state index in [1.807, 2.05) is 30.3 Å². The van der Waals surface area contributed by atoms with E-state index in [4.69, 9.17) is 9.47 Å². The number of hydrogen-bond acceptors (Lipinski definition) is 5. The SMILES string of the molecule is CC(=O)Oc1cncn1NC(=O)C(C)OCc1ccccc1. The topological polar surface area (TPSA) is 82.5 Å². The Balaban J connectivity index is 1.89. The first kappa shape index (κ1) is 15.7. The predicted molar refractivity (Wildman–Crippen MR) is 78.6 cm³/mol. The molecular weight excluding hydrogens is 286 g/mol. The molecule has 1 heterocycles. The average Bonchev–Trinajstić information content (AvgIpc) is 2.92. The number of imidazole rings is 1. The summed E-state index contributed by atoms with van der Waals surface area (Å²) in [6.45, 7) is 3.24. The Bertz CT molecular complexity index is 639. The molecule has 116 valence electrons. The lowest BCUT2D eigenvalue weighted by Gasteiger charge is -2.14. The van der Waals surface area contributed by atoms with Crippen LogP contribution in [-0.2, 0) is 20.9 Å². The molecule has 0 bridgehead atoms. The fourth-order valence-corrected chi connectivity index (χ4v) is 1.67. The molecule has 1 amide bonds. The van der Waals surface area contributed by atoms with Crippen LogP contribution in [0.5, 0.6) is 5.88 Å². The van der Waals surface area contributed by atoms with E-state index in [0.717, 1.165) is 5.56 Å². The molecule has 0 aliphatic heterocycles. The van der Waals surface area contributed by atoms with Gasteiger partial charge in [-0.25, -0.2) is 9.66 Å². The highest BCUT2D eigenvalue weighted by molar-refractivity contribution is 5.87. The Morgan fingerprint density at radius 1 is 1.32 bits per heavy atom. The quantitative estimate of drug-likeness (QED) is 0.817. The molecule has 0 saturated carbocycles. The minimum atomic E-state index is -0.673. The Morgan fingerprint density at radius 3 is 2.73 bits per heavy atom. The summed E-state index contributed by atoms with van der Waals surface area (Å²) < 4.78 is 11.6. The summed E-state index contributed by atoms with van der Waals surface area (Å²) in [5.41, 5.74) is 3.52. The first-order valence-corrected chi connectivity index (χ1v) is 6.73. The molecule has 22 heavy (non-hydrogen) atoms. The number of rotatable bonds is 6. The van der Waals surface area contributed by atoms with Gasteiger partial charge in [0.05, 0.1) is 12.8 Å². The molecule has 0 aliphatic carbocycles. The molecular formula is C15H17N3O4. The molecule has 1 aromatic heterocycles. The molecule has 2 rings (SSSR count). The monoisotopic (exact) mass is 303 g/mol. The van der Waals surface area contributed by atoms with Crippen molar-refractivity contribution in [1.29, 1.82) is 0 Å². The molecule has 0 radical (unpaired) electrons. The number of esters is 1. The molecule has 2 aromatic rings. The van der Waals surface area contributed by atoms with E-state index in [9.17, 15) is 9.59 Å². The molecule has 0 aliphatic rings. The first-order valence-electron chi connectivity index (χ1n) is 6.73. The van der Waals surface area contributed by atoms with Crippen LogP contribution in [-0.4, -0.2) is 27.6 Å². The maximum Gasteiger partial charge on any atom is 0.309 e. The second-order valence-electron chi connectivity index (χ2n) is 4.61. The van der Waals surface area contributed by atoms with E-state index in [-0.39, 0.29) is 11.8 Å². The van der Waals surface area contributed by atoms with Crippen LogP contribution in [0.15, 0.2) is 42.9 Å². The highest BCUT2D eigenvalue weighted by atomic mass is 16.5. The summed E-state index contributed by atoms with van der Waals surface area (Å²) in [7, 11) is 0. The number of carbonyl (C=O) groups is 2. The number of hydrogen-bond donors (Lipinski definition) is 1. The number of aromatic nitrogens is 2.